The van der Waals surface area contributed by atoms with E-state index in [4.69, 9.17) is 0 Å². The van der Waals surface area contributed by atoms with Crippen molar-refractivity contribution in [1.82, 2.24) is 5.32 Å². The van der Waals surface area contributed by atoms with Gasteiger partial charge in [-0.15, -0.1) is 0 Å². The summed E-state index contributed by atoms with van der Waals surface area (Å²) in [6.07, 6.45) is 0.900. The first-order valence-electron chi connectivity index (χ1n) is 6.49. The average molecular weight is 280 g/mol. The van der Waals surface area contributed by atoms with Crippen molar-refractivity contribution in [3.8, 4) is 0 Å². The predicted octanol–water partition coefficient (Wildman–Crippen LogP) is 2.15. The number of anilines is 1. The third-order valence-electron chi connectivity index (χ3n) is 3.75. The molecule has 5 nitrogen and oxygen atoms in total. The van der Waals surface area contributed by atoms with Crippen LogP contribution in [0.1, 0.15) is 25.8 Å². The quantitative estimate of drug-likeness (QED) is 0.891. The summed E-state index contributed by atoms with van der Waals surface area (Å²) in [6, 6.07) is 3.79. The molecule has 2 N–H and O–H groups in total. The zero-order valence-electron chi connectivity index (χ0n) is 11.4. The number of carbonyl (C=O) groups excluding carboxylic acids is 1. The molecule has 6 heteroatoms. The molecule has 1 aromatic rings. The number of halogens is 1. The number of carbonyl (C=O) groups is 2. The average Bonchev–Trinajstić information content (AvgIpc) is 2.81. The smallest absolute Gasteiger partial charge is 0.329 e. The second-order valence-corrected chi connectivity index (χ2v) is 5.10. The van der Waals surface area contributed by atoms with Gasteiger partial charge in [-0.2, -0.15) is 0 Å². The number of urea groups is 1. The highest BCUT2D eigenvalue weighted by molar-refractivity contribution is 5.97. The Morgan fingerprint density at radius 3 is 2.80 bits per heavy atom. The molecule has 1 unspecified atom stereocenters. The van der Waals surface area contributed by atoms with Crippen LogP contribution in [0.2, 0.25) is 0 Å². The van der Waals surface area contributed by atoms with Gasteiger partial charge in [0.25, 0.3) is 0 Å². The number of carboxylic acids is 1. The van der Waals surface area contributed by atoms with Gasteiger partial charge < -0.3 is 10.4 Å². The van der Waals surface area contributed by atoms with E-state index in [9.17, 15) is 19.1 Å². The number of fused-ring (bicyclic) bond motifs is 1. The third kappa shape index (κ3) is 2.45. The van der Waals surface area contributed by atoms with Gasteiger partial charge in [0.2, 0.25) is 0 Å². The molecule has 1 heterocycles. The lowest BCUT2D eigenvalue weighted by Gasteiger charge is -2.28. The van der Waals surface area contributed by atoms with Crippen molar-refractivity contribution < 1.29 is 19.1 Å². The summed E-state index contributed by atoms with van der Waals surface area (Å²) in [5, 5.41) is 11.7. The van der Waals surface area contributed by atoms with Gasteiger partial charge in [0, 0.05) is 6.54 Å². The molecule has 1 aliphatic heterocycles. The molecule has 20 heavy (non-hydrogen) atoms. The van der Waals surface area contributed by atoms with Crippen molar-refractivity contribution in [1.29, 1.82) is 0 Å². The van der Waals surface area contributed by atoms with E-state index in [0.717, 1.165) is 5.56 Å². The highest BCUT2D eigenvalue weighted by Gasteiger charge is 2.36. The second kappa shape index (κ2) is 5.11. The monoisotopic (exact) mass is 280 g/mol. The van der Waals surface area contributed by atoms with Crippen LogP contribution in [0.4, 0.5) is 14.9 Å². The lowest BCUT2D eigenvalue weighted by atomic mass is 10.00. The van der Waals surface area contributed by atoms with E-state index in [1.807, 2.05) is 0 Å². The van der Waals surface area contributed by atoms with Crippen molar-refractivity contribution in [3.05, 3.63) is 29.6 Å². The molecule has 2 amide bonds. The predicted molar refractivity (Wildman–Crippen MR) is 72.3 cm³/mol. The van der Waals surface area contributed by atoms with Crippen LogP contribution in [0.25, 0.3) is 0 Å². The number of hydrogen-bond acceptors (Lipinski definition) is 2. The Morgan fingerprint density at radius 1 is 1.50 bits per heavy atom. The van der Waals surface area contributed by atoms with Crippen LogP contribution in [0.15, 0.2) is 18.2 Å². The number of aliphatic carboxylic acids is 1. The van der Waals surface area contributed by atoms with Crippen LogP contribution in [0, 0.1) is 5.82 Å². The first-order valence-corrected chi connectivity index (χ1v) is 6.49. The maximum absolute atomic E-state index is 13.3. The van der Waals surface area contributed by atoms with Gasteiger partial charge in [-0.05, 0) is 37.5 Å². The highest BCUT2D eigenvalue weighted by Crippen LogP contribution is 2.29. The number of hydrogen-bond donors (Lipinski definition) is 2. The molecule has 0 aliphatic carbocycles. The van der Waals surface area contributed by atoms with Gasteiger partial charge in [-0.25, -0.2) is 14.0 Å². The molecule has 1 atom stereocenters. The first-order chi connectivity index (χ1) is 9.37. The highest BCUT2D eigenvalue weighted by atomic mass is 19.1. The number of rotatable bonds is 3. The van der Waals surface area contributed by atoms with Gasteiger partial charge in [-0.1, -0.05) is 13.0 Å². The van der Waals surface area contributed by atoms with Crippen molar-refractivity contribution in [2.75, 3.05) is 11.4 Å². The summed E-state index contributed by atoms with van der Waals surface area (Å²) in [5.41, 5.74) is 0.0640. The zero-order valence-corrected chi connectivity index (χ0v) is 11.4. The molecule has 0 saturated heterocycles. The van der Waals surface area contributed by atoms with Gasteiger partial charge in [0.15, 0.2) is 0 Å². The van der Waals surface area contributed by atoms with Gasteiger partial charge in [-0.3, -0.25) is 4.90 Å². The Kier molecular flexibility index (Phi) is 3.65. The Labute approximate surface area is 116 Å². The normalized spacial score (nSPS) is 16.4. The number of benzene rings is 1. The summed E-state index contributed by atoms with van der Waals surface area (Å²) in [4.78, 5) is 24.8. The van der Waals surface area contributed by atoms with E-state index in [0.29, 0.717) is 18.7 Å². The minimum atomic E-state index is -1.33. The summed E-state index contributed by atoms with van der Waals surface area (Å²) < 4.78 is 13.3. The molecular weight excluding hydrogens is 263 g/mol. The molecule has 0 spiro atoms. The van der Waals surface area contributed by atoms with Crippen LogP contribution in [0.3, 0.4) is 0 Å². The van der Waals surface area contributed by atoms with Gasteiger partial charge in [0.1, 0.15) is 11.4 Å². The summed E-state index contributed by atoms with van der Waals surface area (Å²) in [7, 11) is 0. The molecule has 2 rings (SSSR count). The van der Waals surface area contributed by atoms with Crippen LogP contribution in [-0.2, 0) is 11.2 Å². The fourth-order valence-corrected chi connectivity index (χ4v) is 2.16. The molecule has 0 fully saturated rings. The van der Waals surface area contributed by atoms with E-state index in [2.05, 4.69) is 5.32 Å². The van der Waals surface area contributed by atoms with Crippen molar-refractivity contribution in [2.24, 2.45) is 0 Å². The molecule has 0 bridgehead atoms. The summed E-state index contributed by atoms with van der Waals surface area (Å²) in [5.74, 6) is -1.51. The number of amides is 2. The van der Waals surface area contributed by atoms with Crippen molar-refractivity contribution in [2.45, 2.75) is 32.2 Å². The van der Waals surface area contributed by atoms with Gasteiger partial charge >= 0.3 is 12.0 Å². The fraction of sp³-hybridized carbons (Fsp3) is 0.429. The molecule has 1 aromatic carbocycles. The third-order valence-corrected chi connectivity index (χ3v) is 3.75. The lowest BCUT2D eigenvalue weighted by Crippen LogP contribution is -2.55. The minimum absolute atomic E-state index is 0.262. The van der Waals surface area contributed by atoms with Gasteiger partial charge in [0.05, 0.1) is 5.69 Å². The van der Waals surface area contributed by atoms with Crippen molar-refractivity contribution in [3.63, 3.8) is 0 Å². The number of carboxylic acid groups (broad SMARTS) is 1. The van der Waals surface area contributed by atoms with Crippen LogP contribution < -0.4 is 10.2 Å². The van der Waals surface area contributed by atoms with E-state index in [-0.39, 0.29) is 6.42 Å². The summed E-state index contributed by atoms with van der Waals surface area (Å²) >= 11 is 0. The topological polar surface area (TPSA) is 69.6 Å². The van der Waals surface area contributed by atoms with E-state index in [1.54, 1.807) is 13.0 Å². The van der Waals surface area contributed by atoms with E-state index >= 15 is 0 Å². The van der Waals surface area contributed by atoms with Crippen molar-refractivity contribution >= 4 is 17.7 Å². The first kappa shape index (κ1) is 14.3. The van der Waals surface area contributed by atoms with Crippen LogP contribution >= 0.6 is 0 Å². The SMILES string of the molecule is CCC(C)(NC(=O)N1CCc2ccc(F)cc21)C(=O)O. The molecule has 0 radical (unpaired) electrons. The Balaban J connectivity index is 2.21. The van der Waals surface area contributed by atoms with E-state index in [1.165, 1.54) is 24.0 Å². The lowest BCUT2D eigenvalue weighted by molar-refractivity contribution is -0.143. The molecule has 108 valence electrons. The number of nitrogens with zero attached hydrogens (tertiary/aromatic N) is 1. The maximum atomic E-state index is 13.3. The Bertz CT molecular complexity index is 561. The zero-order chi connectivity index (χ0) is 14.9. The molecule has 1 aliphatic rings. The van der Waals surface area contributed by atoms with Crippen LogP contribution in [0.5, 0.6) is 0 Å². The standard InChI is InChI=1S/C14H17FN2O3/c1-3-14(2,12(18)19)16-13(20)17-7-6-9-4-5-10(15)8-11(9)17/h4-5,8H,3,6-7H2,1-2H3,(H,16,20)(H,18,19). The maximum Gasteiger partial charge on any atom is 0.329 e. The minimum Gasteiger partial charge on any atom is -0.480 e. The van der Waals surface area contributed by atoms with E-state index < -0.39 is 23.4 Å². The fourth-order valence-electron chi connectivity index (χ4n) is 2.16. The Morgan fingerprint density at radius 2 is 2.20 bits per heavy atom. The second-order valence-electron chi connectivity index (χ2n) is 5.10. The molecule has 0 aromatic heterocycles. The molecule has 0 saturated carbocycles. The Hall–Kier alpha value is -2.11. The van der Waals surface area contributed by atoms with Crippen LogP contribution in [-0.4, -0.2) is 29.2 Å². The molecular formula is C14H17FN2O3. The summed E-state index contributed by atoms with van der Waals surface area (Å²) in [6.45, 7) is 3.56. The number of nitrogens with one attached hydrogen (secondary N) is 1. The largest absolute Gasteiger partial charge is 0.480 e.